The number of rotatable bonds is 9. The van der Waals surface area contributed by atoms with E-state index in [0.717, 1.165) is 20.5 Å². The van der Waals surface area contributed by atoms with Crippen molar-refractivity contribution in [3.8, 4) is 11.5 Å². The van der Waals surface area contributed by atoms with Crippen molar-refractivity contribution >= 4 is 39.8 Å². The maximum atomic E-state index is 12.3. The number of hydrogen-bond acceptors (Lipinski definition) is 5. The highest BCUT2D eigenvalue weighted by atomic mass is 79.9. The molecule has 1 unspecified atom stereocenters. The van der Waals surface area contributed by atoms with Crippen molar-refractivity contribution in [2.75, 3.05) is 7.11 Å². The normalized spacial score (nSPS) is 11.8. The summed E-state index contributed by atoms with van der Waals surface area (Å²) in [5.74, 6) is 1.08. The lowest BCUT2D eigenvalue weighted by atomic mass is 10.2. The summed E-state index contributed by atoms with van der Waals surface area (Å²) in [5.41, 5.74) is 4.43. The van der Waals surface area contributed by atoms with Crippen LogP contribution < -0.4 is 14.9 Å². The monoisotopic (exact) mass is 498 g/mol. The standard InChI is InChI=1S/C24H23BrN2O3S/c1-17(31-21-6-4-3-5-7-21)24(28)27-26-15-19-10-13-22(23(14-19)29-2)30-16-18-8-11-20(25)12-9-18/h3-15,17H,16H2,1-2H3,(H,27,28). The maximum absolute atomic E-state index is 12.3. The van der Waals surface area contributed by atoms with Crippen LogP contribution in [0, 0.1) is 0 Å². The number of ether oxygens (including phenoxy) is 2. The molecule has 1 N–H and O–H groups in total. The second-order valence-electron chi connectivity index (χ2n) is 6.63. The van der Waals surface area contributed by atoms with Gasteiger partial charge in [-0.05, 0) is 60.5 Å². The minimum Gasteiger partial charge on any atom is -0.493 e. The summed E-state index contributed by atoms with van der Waals surface area (Å²) in [6, 6.07) is 23.2. The van der Waals surface area contributed by atoms with Gasteiger partial charge in [0.15, 0.2) is 11.5 Å². The number of carbonyl (C=O) groups excluding carboxylic acids is 1. The van der Waals surface area contributed by atoms with Crippen molar-refractivity contribution in [1.82, 2.24) is 5.43 Å². The summed E-state index contributed by atoms with van der Waals surface area (Å²) >= 11 is 4.91. The average Bonchev–Trinajstić information content (AvgIpc) is 2.79. The van der Waals surface area contributed by atoms with Gasteiger partial charge in [0, 0.05) is 9.37 Å². The van der Waals surface area contributed by atoms with Crippen molar-refractivity contribution in [3.63, 3.8) is 0 Å². The molecule has 1 atom stereocenters. The Morgan fingerprint density at radius 3 is 2.55 bits per heavy atom. The second kappa shape index (κ2) is 11.6. The molecule has 1 amide bonds. The predicted octanol–water partition coefficient (Wildman–Crippen LogP) is 5.67. The molecule has 0 aliphatic carbocycles. The highest BCUT2D eigenvalue weighted by Gasteiger charge is 2.13. The van der Waals surface area contributed by atoms with Gasteiger partial charge in [-0.2, -0.15) is 5.10 Å². The topological polar surface area (TPSA) is 59.9 Å². The van der Waals surface area contributed by atoms with Crippen LogP contribution in [-0.2, 0) is 11.4 Å². The second-order valence-corrected chi connectivity index (χ2v) is 8.96. The average molecular weight is 499 g/mol. The zero-order valence-electron chi connectivity index (χ0n) is 17.2. The Kier molecular flexibility index (Phi) is 8.55. The number of carbonyl (C=O) groups is 1. The number of thioether (sulfide) groups is 1. The van der Waals surface area contributed by atoms with Gasteiger partial charge in [0.05, 0.1) is 18.6 Å². The van der Waals surface area contributed by atoms with E-state index in [1.165, 1.54) is 11.8 Å². The van der Waals surface area contributed by atoms with Gasteiger partial charge in [-0.25, -0.2) is 5.43 Å². The SMILES string of the molecule is COc1cc(C=NNC(=O)C(C)Sc2ccccc2)ccc1OCc1ccc(Br)cc1. The third-order valence-electron chi connectivity index (χ3n) is 4.31. The lowest BCUT2D eigenvalue weighted by Crippen LogP contribution is -2.26. The first-order chi connectivity index (χ1) is 15.0. The molecule has 3 rings (SSSR count). The summed E-state index contributed by atoms with van der Waals surface area (Å²) in [6.45, 7) is 2.28. The fourth-order valence-corrected chi connectivity index (χ4v) is 3.79. The summed E-state index contributed by atoms with van der Waals surface area (Å²) in [4.78, 5) is 13.3. The third-order valence-corrected chi connectivity index (χ3v) is 5.95. The number of hydrogen-bond donors (Lipinski definition) is 1. The zero-order valence-corrected chi connectivity index (χ0v) is 19.7. The molecule has 5 nitrogen and oxygen atoms in total. The summed E-state index contributed by atoms with van der Waals surface area (Å²) in [7, 11) is 1.59. The number of methoxy groups -OCH3 is 1. The van der Waals surface area contributed by atoms with Crippen LogP contribution in [0.3, 0.4) is 0 Å². The summed E-state index contributed by atoms with van der Waals surface area (Å²) < 4.78 is 12.3. The minimum absolute atomic E-state index is 0.161. The lowest BCUT2D eigenvalue weighted by Gasteiger charge is -2.11. The summed E-state index contributed by atoms with van der Waals surface area (Å²) in [5, 5.41) is 3.81. The van der Waals surface area contributed by atoms with Gasteiger partial charge < -0.3 is 9.47 Å². The van der Waals surface area contributed by atoms with Crippen LogP contribution in [0.5, 0.6) is 11.5 Å². The third kappa shape index (κ3) is 7.15. The van der Waals surface area contributed by atoms with E-state index in [2.05, 4.69) is 26.5 Å². The van der Waals surface area contributed by atoms with Crippen LogP contribution in [0.2, 0.25) is 0 Å². The van der Waals surface area contributed by atoms with E-state index < -0.39 is 0 Å². The van der Waals surface area contributed by atoms with Gasteiger partial charge in [-0.15, -0.1) is 11.8 Å². The molecule has 0 aromatic heterocycles. The lowest BCUT2D eigenvalue weighted by molar-refractivity contribution is -0.120. The van der Waals surface area contributed by atoms with Crippen LogP contribution >= 0.6 is 27.7 Å². The van der Waals surface area contributed by atoms with Gasteiger partial charge in [0.2, 0.25) is 0 Å². The molecule has 0 radical (unpaired) electrons. The summed E-state index contributed by atoms with van der Waals surface area (Å²) in [6.07, 6.45) is 1.58. The largest absolute Gasteiger partial charge is 0.493 e. The van der Waals surface area contributed by atoms with Gasteiger partial charge in [0.25, 0.3) is 5.91 Å². The molecule has 7 heteroatoms. The van der Waals surface area contributed by atoms with Crippen LogP contribution in [0.25, 0.3) is 0 Å². The number of nitrogens with zero attached hydrogens (tertiary/aromatic N) is 1. The van der Waals surface area contributed by atoms with Crippen molar-refractivity contribution < 1.29 is 14.3 Å². The van der Waals surface area contributed by atoms with E-state index in [4.69, 9.17) is 9.47 Å². The van der Waals surface area contributed by atoms with E-state index in [-0.39, 0.29) is 11.2 Å². The molecule has 0 saturated heterocycles. The van der Waals surface area contributed by atoms with Crippen molar-refractivity contribution in [3.05, 3.63) is 88.4 Å². The molecule has 0 fully saturated rings. The number of amides is 1. The molecule has 160 valence electrons. The first-order valence-corrected chi connectivity index (χ1v) is 11.3. The molecule has 3 aromatic rings. The molecule has 0 aliphatic rings. The Morgan fingerprint density at radius 2 is 1.84 bits per heavy atom. The number of benzene rings is 3. The Balaban J connectivity index is 1.55. The molecular formula is C24H23BrN2O3S. The Labute approximate surface area is 195 Å². The maximum Gasteiger partial charge on any atom is 0.253 e. The smallest absolute Gasteiger partial charge is 0.253 e. The highest BCUT2D eigenvalue weighted by molar-refractivity contribution is 9.10. The molecule has 31 heavy (non-hydrogen) atoms. The van der Waals surface area contributed by atoms with Gasteiger partial charge in [-0.1, -0.05) is 46.3 Å². The Morgan fingerprint density at radius 1 is 1.10 bits per heavy atom. The molecule has 0 saturated carbocycles. The van der Waals surface area contributed by atoms with E-state index in [1.54, 1.807) is 13.3 Å². The zero-order chi connectivity index (χ0) is 22.1. The van der Waals surface area contributed by atoms with Gasteiger partial charge in [-0.3, -0.25) is 4.79 Å². The quantitative estimate of drug-likeness (QED) is 0.234. The highest BCUT2D eigenvalue weighted by Crippen LogP contribution is 2.28. The Bertz CT molecular complexity index is 1030. The minimum atomic E-state index is -0.261. The van der Waals surface area contributed by atoms with Crippen molar-refractivity contribution in [2.24, 2.45) is 5.10 Å². The van der Waals surface area contributed by atoms with Crippen molar-refractivity contribution in [2.45, 2.75) is 23.7 Å². The van der Waals surface area contributed by atoms with Crippen LogP contribution in [0.4, 0.5) is 0 Å². The predicted molar refractivity (Wildman–Crippen MR) is 129 cm³/mol. The Hall–Kier alpha value is -2.77. The van der Waals surface area contributed by atoms with E-state index in [1.807, 2.05) is 79.7 Å². The number of halogens is 1. The van der Waals surface area contributed by atoms with Crippen LogP contribution in [-0.4, -0.2) is 24.5 Å². The fraction of sp³-hybridized carbons (Fsp3) is 0.167. The number of nitrogens with one attached hydrogen (secondary N) is 1. The molecular weight excluding hydrogens is 476 g/mol. The van der Waals surface area contributed by atoms with Crippen LogP contribution in [0.1, 0.15) is 18.1 Å². The van der Waals surface area contributed by atoms with E-state index in [9.17, 15) is 4.79 Å². The first-order valence-electron chi connectivity index (χ1n) is 9.65. The van der Waals surface area contributed by atoms with Gasteiger partial charge >= 0.3 is 0 Å². The van der Waals surface area contributed by atoms with Crippen LogP contribution in [0.15, 0.2) is 87.3 Å². The molecule has 3 aromatic carbocycles. The van der Waals surface area contributed by atoms with Gasteiger partial charge in [0.1, 0.15) is 6.61 Å². The fourth-order valence-electron chi connectivity index (χ4n) is 2.64. The molecule has 0 spiro atoms. The van der Waals surface area contributed by atoms with Crippen molar-refractivity contribution in [1.29, 1.82) is 0 Å². The molecule has 0 aliphatic heterocycles. The van der Waals surface area contributed by atoms with E-state index in [0.29, 0.717) is 18.1 Å². The number of hydrazone groups is 1. The first kappa shape index (κ1) is 22.9. The molecule has 0 bridgehead atoms. The van der Waals surface area contributed by atoms with E-state index >= 15 is 0 Å². The molecule has 0 heterocycles.